The van der Waals surface area contributed by atoms with Crippen LogP contribution in [0.5, 0.6) is 5.75 Å². The van der Waals surface area contributed by atoms with Crippen molar-refractivity contribution in [1.29, 1.82) is 0 Å². The van der Waals surface area contributed by atoms with Gasteiger partial charge in [-0.05, 0) is 35.2 Å². The molecule has 0 radical (unpaired) electrons. The van der Waals surface area contributed by atoms with Gasteiger partial charge in [-0.3, -0.25) is 0 Å². The van der Waals surface area contributed by atoms with E-state index in [9.17, 15) is 5.11 Å². The van der Waals surface area contributed by atoms with E-state index in [1.165, 1.54) is 11.1 Å². The average Bonchev–Trinajstić information content (AvgIpc) is 2.39. The predicted molar refractivity (Wildman–Crippen MR) is 74.5 cm³/mol. The number of aromatic hydroxyl groups is 1. The summed E-state index contributed by atoms with van der Waals surface area (Å²) in [6.45, 7) is 3.81. The first-order valence-electron chi connectivity index (χ1n) is 6.35. The fourth-order valence-electron chi connectivity index (χ4n) is 2.08. The van der Waals surface area contributed by atoms with Gasteiger partial charge in [-0.2, -0.15) is 0 Å². The minimum atomic E-state index is 0.322. The van der Waals surface area contributed by atoms with Crippen molar-refractivity contribution >= 4 is 0 Å². The minimum Gasteiger partial charge on any atom is -0.508 e. The predicted octanol–water partition coefficient (Wildman–Crippen LogP) is 3.24. The van der Waals surface area contributed by atoms with Crippen LogP contribution in [-0.4, -0.2) is 5.11 Å². The molecule has 2 rings (SSSR count). The van der Waals surface area contributed by atoms with Crippen molar-refractivity contribution in [3.63, 3.8) is 0 Å². The van der Waals surface area contributed by atoms with Gasteiger partial charge in [0.05, 0.1) is 0 Å². The van der Waals surface area contributed by atoms with Gasteiger partial charge in [0.2, 0.25) is 0 Å². The van der Waals surface area contributed by atoms with Gasteiger partial charge in [0, 0.05) is 13.1 Å². The van der Waals surface area contributed by atoms with Crippen molar-refractivity contribution in [2.45, 2.75) is 26.4 Å². The topological polar surface area (TPSA) is 32.3 Å². The molecule has 0 aromatic heterocycles. The van der Waals surface area contributed by atoms with Crippen LogP contribution in [0.25, 0.3) is 0 Å². The second-order valence-corrected chi connectivity index (χ2v) is 4.40. The van der Waals surface area contributed by atoms with E-state index in [0.717, 1.165) is 25.1 Å². The lowest BCUT2D eigenvalue weighted by molar-refractivity contribution is 0.474. The summed E-state index contributed by atoms with van der Waals surface area (Å²) in [5.41, 5.74) is 3.84. The second-order valence-electron chi connectivity index (χ2n) is 4.40. The number of hydrogen-bond acceptors (Lipinski definition) is 2. The van der Waals surface area contributed by atoms with Crippen LogP contribution in [0, 0.1) is 0 Å². The molecule has 0 bridgehead atoms. The average molecular weight is 241 g/mol. The van der Waals surface area contributed by atoms with Gasteiger partial charge in [0.15, 0.2) is 0 Å². The van der Waals surface area contributed by atoms with Crippen LogP contribution in [-0.2, 0) is 19.5 Å². The molecular formula is C16H19NO. The Morgan fingerprint density at radius 2 is 1.72 bits per heavy atom. The van der Waals surface area contributed by atoms with Crippen LogP contribution >= 0.6 is 0 Å². The van der Waals surface area contributed by atoms with Crippen LogP contribution in [0.2, 0.25) is 0 Å². The Bertz CT molecular complexity index is 508. The van der Waals surface area contributed by atoms with Crippen LogP contribution in [0.1, 0.15) is 23.6 Å². The van der Waals surface area contributed by atoms with Crippen molar-refractivity contribution < 1.29 is 5.11 Å². The smallest absolute Gasteiger partial charge is 0.115 e. The first-order chi connectivity index (χ1) is 8.79. The number of hydrogen-bond donors (Lipinski definition) is 2. The minimum absolute atomic E-state index is 0.322. The first-order valence-corrected chi connectivity index (χ1v) is 6.35. The molecule has 0 fully saturated rings. The fraction of sp³-hybridized carbons (Fsp3) is 0.250. The summed E-state index contributed by atoms with van der Waals surface area (Å²) in [5.74, 6) is 0.322. The molecule has 2 aromatic carbocycles. The molecule has 0 atom stereocenters. The lowest BCUT2D eigenvalue weighted by Crippen LogP contribution is -2.13. The Hall–Kier alpha value is -1.80. The Morgan fingerprint density at radius 1 is 0.944 bits per heavy atom. The number of aryl methyl sites for hydroxylation is 1. The van der Waals surface area contributed by atoms with Crippen LogP contribution in [0.4, 0.5) is 0 Å². The third-order valence-electron chi connectivity index (χ3n) is 3.05. The zero-order chi connectivity index (χ0) is 12.8. The number of nitrogens with one attached hydrogen (secondary N) is 1. The monoisotopic (exact) mass is 241 g/mol. The number of rotatable bonds is 5. The summed E-state index contributed by atoms with van der Waals surface area (Å²) in [6, 6.07) is 15.8. The molecule has 0 saturated carbocycles. The fourth-order valence-corrected chi connectivity index (χ4v) is 2.08. The van der Waals surface area contributed by atoms with E-state index < -0.39 is 0 Å². The summed E-state index contributed by atoms with van der Waals surface area (Å²) in [4.78, 5) is 0. The van der Waals surface area contributed by atoms with Gasteiger partial charge in [-0.15, -0.1) is 0 Å². The van der Waals surface area contributed by atoms with Crippen molar-refractivity contribution in [2.75, 3.05) is 0 Å². The molecule has 0 unspecified atom stereocenters. The lowest BCUT2D eigenvalue weighted by Gasteiger charge is -2.09. The van der Waals surface area contributed by atoms with Crippen molar-refractivity contribution in [3.8, 4) is 5.75 Å². The van der Waals surface area contributed by atoms with Gasteiger partial charge >= 0.3 is 0 Å². The molecule has 0 heterocycles. The maximum atomic E-state index is 9.38. The zero-order valence-corrected chi connectivity index (χ0v) is 10.7. The standard InChI is InChI=1S/C16H19NO/c1-2-14-7-3-4-8-15(14)12-17-11-13-6-5-9-16(18)10-13/h3-10,17-18H,2,11-12H2,1H3. The van der Waals surface area contributed by atoms with E-state index in [4.69, 9.17) is 0 Å². The molecule has 2 aromatic rings. The molecule has 0 aliphatic heterocycles. The lowest BCUT2D eigenvalue weighted by atomic mass is 10.1. The normalized spacial score (nSPS) is 10.5. The Labute approximate surface area is 108 Å². The van der Waals surface area contributed by atoms with Crippen molar-refractivity contribution in [3.05, 3.63) is 65.2 Å². The van der Waals surface area contributed by atoms with Crippen LogP contribution < -0.4 is 5.32 Å². The van der Waals surface area contributed by atoms with Gasteiger partial charge in [0.1, 0.15) is 5.75 Å². The third-order valence-corrected chi connectivity index (χ3v) is 3.05. The summed E-state index contributed by atoms with van der Waals surface area (Å²) in [7, 11) is 0. The van der Waals surface area contributed by atoms with E-state index >= 15 is 0 Å². The van der Waals surface area contributed by atoms with Crippen molar-refractivity contribution in [2.24, 2.45) is 0 Å². The highest BCUT2D eigenvalue weighted by molar-refractivity contribution is 5.28. The molecule has 0 aliphatic rings. The molecule has 0 spiro atoms. The highest BCUT2D eigenvalue weighted by Gasteiger charge is 1.99. The van der Waals surface area contributed by atoms with Crippen LogP contribution in [0.15, 0.2) is 48.5 Å². The molecule has 2 nitrogen and oxygen atoms in total. The highest BCUT2D eigenvalue weighted by Crippen LogP contribution is 2.12. The quantitative estimate of drug-likeness (QED) is 0.842. The number of phenolic OH excluding ortho intramolecular Hbond substituents is 1. The van der Waals surface area contributed by atoms with E-state index in [1.807, 2.05) is 12.1 Å². The summed E-state index contributed by atoms with van der Waals surface area (Å²) in [6.07, 6.45) is 1.06. The summed E-state index contributed by atoms with van der Waals surface area (Å²) in [5, 5.41) is 12.8. The SMILES string of the molecule is CCc1ccccc1CNCc1cccc(O)c1. The summed E-state index contributed by atoms with van der Waals surface area (Å²) < 4.78 is 0. The van der Waals surface area contributed by atoms with Crippen LogP contribution in [0.3, 0.4) is 0 Å². The van der Waals surface area contributed by atoms with Gasteiger partial charge < -0.3 is 10.4 Å². The first kappa shape index (κ1) is 12.7. The highest BCUT2D eigenvalue weighted by atomic mass is 16.3. The van der Waals surface area contributed by atoms with E-state index in [2.05, 4.69) is 36.5 Å². The maximum Gasteiger partial charge on any atom is 0.115 e. The Kier molecular flexibility index (Phi) is 4.37. The molecule has 18 heavy (non-hydrogen) atoms. The molecule has 0 amide bonds. The molecule has 0 aliphatic carbocycles. The molecule has 2 heteroatoms. The second kappa shape index (κ2) is 6.22. The third kappa shape index (κ3) is 3.34. The molecule has 0 saturated heterocycles. The largest absolute Gasteiger partial charge is 0.508 e. The summed E-state index contributed by atoms with van der Waals surface area (Å²) >= 11 is 0. The number of phenols is 1. The maximum absolute atomic E-state index is 9.38. The van der Waals surface area contributed by atoms with Gasteiger partial charge in [-0.1, -0.05) is 43.3 Å². The molecule has 94 valence electrons. The van der Waals surface area contributed by atoms with E-state index in [-0.39, 0.29) is 0 Å². The van der Waals surface area contributed by atoms with Gasteiger partial charge in [0.25, 0.3) is 0 Å². The number of benzene rings is 2. The molecule has 2 N–H and O–H groups in total. The Balaban J connectivity index is 1.92. The Morgan fingerprint density at radius 3 is 2.44 bits per heavy atom. The van der Waals surface area contributed by atoms with Gasteiger partial charge in [-0.25, -0.2) is 0 Å². The van der Waals surface area contributed by atoms with E-state index in [1.54, 1.807) is 12.1 Å². The molecular weight excluding hydrogens is 222 g/mol. The zero-order valence-electron chi connectivity index (χ0n) is 10.7. The van der Waals surface area contributed by atoms with E-state index in [0.29, 0.717) is 5.75 Å². The van der Waals surface area contributed by atoms with Crippen molar-refractivity contribution in [1.82, 2.24) is 5.32 Å².